The molecule has 0 aliphatic carbocycles. The zero-order valence-electron chi connectivity index (χ0n) is 6.28. The molecule has 0 atom stereocenters. The maximum Gasteiger partial charge on any atom is 0.331 e. The third-order valence-corrected chi connectivity index (χ3v) is 1.86. The molecular weight excluding hydrogens is 140 g/mol. The Labute approximate surface area is 64.4 Å². The van der Waals surface area contributed by atoms with Crippen LogP contribution >= 0.6 is 0 Å². The van der Waals surface area contributed by atoms with E-state index >= 15 is 0 Å². The Morgan fingerprint density at radius 2 is 2.36 bits per heavy atom. The van der Waals surface area contributed by atoms with Crippen molar-refractivity contribution in [3.63, 3.8) is 0 Å². The number of hydrogen-bond acceptors (Lipinski definition) is 3. The maximum absolute atomic E-state index is 5.64. The van der Waals surface area contributed by atoms with Crippen LogP contribution in [0.1, 0.15) is 5.56 Å². The first-order valence-electron chi connectivity index (χ1n) is 3.44. The quantitative estimate of drug-likeness (QED) is 0.526. The summed E-state index contributed by atoms with van der Waals surface area (Å²) in [6.45, 7) is 0. The molecule has 0 spiro atoms. The predicted molar refractivity (Wildman–Crippen MR) is 42.1 cm³/mol. The molecule has 2 N–H and O–H groups in total. The van der Waals surface area contributed by atoms with Crippen LogP contribution in [0.3, 0.4) is 0 Å². The molecule has 1 aliphatic heterocycles. The Balaban J connectivity index is 2.64. The van der Waals surface area contributed by atoms with Gasteiger partial charge in [0, 0.05) is 6.42 Å². The average Bonchev–Trinajstić information content (AvgIpc) is 2.35. The number of fused-ring (bicyclic) bond motifs is 1. The molecule has 0 amide bonds. The van der Waals surface area contributed by atoms with E-state index in [9.17, 15) is 0 Å². The van der Waals surface area contributed by atoms with E-state index in [1.807, 2.05) is 17.8 Å². The van der Waals surface area contributed by atoms with Crippen molar-refractivity contribution >= 4 is 17.9 Å². The third-order valence-electron chi connectivity index (χ3n) is 1.86. The van der Waals surface area contributed by atoms with Crippen LogP contribution < -0.4 is 5.73 Å². The van der Waals surface area contributed by atoms with E-state index in [1.54, 1.807) is 0 Å². The van der Waals surface area contributed by atoms with E-state index in [1.165, 1.54) is 6.33 Å². The highest BCUT2D eigenvalue weighted by Gasteiger charge is 2.22. The van der Waals surface area contributed by atoms with Gasteiger partial charge in [-0.1, -0.05) is 0 Å². The molecule has 2 heterocycles. The fourth-order valence-electron chi connectivity index (χ4n) is 1.23. The zero-order valence-corrected chi connectivity index (χ0v) is 6.28. The van der Waals surface area contributed by atoms with Gasteiger partial charge in [-0.05, 0) is 4.98 Å². The minimum absolute atomic E-state index is 0.593. The number of anilines is 1. The second-order valence-electron chi connectivity index (χ2n) is 2.56. The molecule has 56 valence electrons. The Kier molecular flexibility index (Phi) is 1.15. The van der Waals surface area contributed by atoms with Crippen LogP contribution in [0, 0.1) is 0 Å². The van der Waals surface area contributed by atoms with Crippen LogP contribution in [0.4, 0.5) is 11.6 Å². The molecule has 1 aromatic rings. The Bertz CT molecular complexity index is 329. The van der Waals surface area contributed by atoms with Gasteiger partial charge in [0.05, 0.1) is 18.8 Å². The van der Waals surface area contributed by atoms with Crippen molar-refractivity contribution in [3.05, 3.63) is 11.9 Å². The topological polar surface area (TPSA) is 54.8 Å². The fraction of sp³-hybridized carbons (Fsp3) is 0.286. The SMILES string of the molecule is C[N+]1=CCc2c(N)ncnc21. The van der Waals surface area contributed by atoms with Crippen molar-refractivity contribution in [3.8, 4) is 0 Å². The molecule has 0 aromatic carbocycles. The van der Waals surface area contributed by atoms with Gasteiger partial charge in [-0.25, -0.2) is 4.58 Å². The smallest absolute Gasteiger partial charge is 0.331 e. The highest BCUT2D eigenvalue weighted by molar-refractivity contribution is 5.69. The van der Waals surface area contributed by atoms with E-state index < -0.39 is 0 Å². The molecule has 4 heteroatoms. The lowest BCUT2D eigenvalue weighted by Gasteiger charge is -1.93. The van der Waals surface area contributed by atoms with Crippen LogP contribution in [0.2, 0.25) is 0 Å². The van der Waals surface area contributed by atoms with Gasteiger partial charge >= 0.3 is 5.82 Å². The minimum Gasteiger partial charge on any atom is -0.383 e. The minimum atomic E-state index is 0.593. The highest BCUT2D eigenvalue weighted by atomic mass is 15.1. The number of hydrogen-bond donors (Lipinski definition) is 1. The lowest BCUT2D eigenvalue weighted by Crippen LogP contribution is -1.99. The molecule has 11 heavy (non-hydrogen) atoms. The summed E-state index contributed by atoms with van der Waals surface area (Å²) in [5, 5.41) is 0. The molecule has 0 saturated heterocycles. The number of nitrogen functional groups attached to an aromatic ring is 1. The van der Waals surface area contributed by atoms with E-state index in [4.69, 9.17) is 5.73 Å². The lowest BCUT2D eigenvalue weighted by molar-refractivity contribution is -0.400. The van der Waals surface area contributed by atoms with E-state index in [-0.39, 0.29) is 0 Å². The van der Waals surface area contributed by atoms with Crippen molar-refractivity contribution < 1.29 is 4.58 Å². The van der Waals surface area contributed by atoms with Gasteiger partial charge < -0.3 is 5.73 Å². The Morgan fingerprint density at radius 3 is 3.09 bits per heavy atom. The fourth-order valence-corrected chi connectivity index (χ4v) is 1.23. The molecule has 1 aromatic heterocycles. The largest absolute Gasteiger partial charge is 0.383 e. The van der Waals surface area contributed by atoms with Crippen LogP contribution in [0.15, 0.2) is 6.33 Å². The third kappa shape index (κ3) is 0.790. The van der Waals surface area contributed by atoms with E-state index in [0.717, 1.165) is 17.8 Å². The summed E-state index contributed by atoms with van der Waals surface area (Å²) in [5.41, 5.74) is 6.67. The van der Waals surface area contributed by atoms with Gasteiger partial charge in [0.15, 0.2) is 0 Å². The second kappa shape index (κ2) is 2.02. The second-order valence-corrected chi connectivity index (χ2v) is 2.56. The first kappa shape index (κ1) is 6.27. The van der Waals surface area contributed by atoms with Gasteiger partial charge in [-0.15, -0.1) is 0 Å². The average molecular weight is 149 g/mol. The Morgan fingerprint density at radius 1 is 1.55 bits per heavy atom. The van der Waals surface area contributed by atoms with Crippen molar-refractivity contribution in [1.29, 1.82) is 0 Å². The van der Waals surface area contributed by atoms with E-state index in [2.05, 4.69) is 9.97 Å². The van der Waals surface area contributed by atoms with Crippen LogP contribution in [-0.4, -0.2) is 27.8 Å². The summed E-state index contributed by atoms with van der Waals surface area (Å²) in [6.07, 6.45) is 4.37. The molecule has 0 fully saturated rings. The summed E-state index contributed by atoms with van der Waals surface area (Å²) in [7, 11) is 1.96. The monoisotopic (exact) mass is 149 g/mol. The molecule has 1 aliphatic rings. The zero-order chi connectivity index (χ0) is 7.84. The molecule has 4 nitrogen and oxygen atoms in total. The van der Waals surface area contributed by atoms with Gasteiger partial charge in [0.1, 0.15) is 5.82 Å². The van der Waals surface area contributed by atoms with Crippen molar-refractivity contribution in [1.82, 2.24) is 9.97 Å². The molecular formula is C7H9N4+. The first-order chi connectivity index (χ1) is 5.29. The summed E-state index contributed by atoms with van der Waals surface area (Å²) in [5.74, 6) is 1.52. The maximum atomic E-state index is 5.64. The number of aromatic nitrogens is 2. The van der Waals surface area contributed by atoms with E-state index in [0.29, 0.717) is 5.82 Å². The van der Waals surface area contributed by atoms with Crippen LogP contribution in [0.5, 0.6) is 0 Å². The summed E-state index contributed by atoms with van der Waals surface area (Å²) < 4.78 is 1.97. The number of rotatable bonds is 0. The molecule has 0 saturated carbocycles. The Hall–Kier alpha value is -1.45. The van der Waals surface area contributed by atoms with Crippen molar-refractivity contribution in [2.45, 2.75) is 6.42 Å². The number of nitrogens with zero attached hydrogens (tertiary/aromatic N) is 3. The summed E-state index contributed by atoms with van der Waals surface area (Å²) in [4.78, 5) is 8.01. The molecule has 2 rings (SSSR count). The standard InChI is InChI=1S/C7H9N4/c1-11-3-2-5-6(8)9-4-10-7(5)11/h3-4H,2H2,1H3,(H2,8,9,10)/q+1. The van der Waals surface area contributed by atoms with Crippen molar-refractivity contribution in [2.24, 2.45) is 0 Å². The summed E-state index contributed by atoms with van der Waals surface area (Å²) in [6, 6.07) is 0. The van der Waals surface area contributed by atoms with Gasteiger partial charge in [-0.3, -0.25) is 0 Å². The highest BCUT2D eigenvalue weighted by Crippen LogP contribution is 2.22. The van der Waals surface area contributed by atoms with Gasteiger partial charge in [-0.2, -0.15) is 4.98 Å². The first-order valence-corrected chi connectivity index (χ1v) is 3.44. The molecule has 0 unspecified atom stereocenters. The lowest BCUT2D eigenvalue weighted by atomic mass is 10.2. The van der Waals surface area contributed by atoms with Crippen molar-refractivity contribution in [2.75, 3.05) is 12.8 Å². The molecule has 0 bridgehead atoms. The van der Waals surface area contributed by atoms with Gasteiger partial charge in [0.2, 0.25) is 6.33 Å². The predicted octanol–water partition coefficient (Wildman–Crippen LogP) is -0.0405. The van der Waals surface area contributed by atoms with Gasteiger partial charge in [0.25, 0.3) is 0 Å². The van der Waals surface area contributed by atoms with Crippen LogP contribution in [-0.2, 0) is 6.42 Å². The molecule has 0 radical (unpaired) electrons. The summed E-state index contributed by atoms with van der Waals surface area (Å²) >= 11 is 0. The number of nitrogens with two attached hydrogens (primary N) is 1. The normalized spacial score (nSPS) is 14.5. The van der Waals surface area contributed by atoms with Crippen LogP contribution in [0.25, 0.3) is 0 Å².